The Morgan fingerprint density at radius 3 is 2.40 bits per heavy atom. The van der Waals surface area contributed by atoms with Crippen molar-refractivity contribution in [3.63, 3.8) is 0 Å². The number of carbonyl (C=O) groups excluding carboxylic acids is 1. The van der Waals surface area contributed by atoms with E-state index in [0.29, 0.717) is 28.4 Å². The van der Waals surface area contributed by atoms with Crippen LogP contribution in [-0.2, 0) is 0 Å². The van der Waals surface area contributed by atoms with Gasteiger partial charge < -0.3 is 15.1 Å². The van der Waals surface area contributed by atoms with E-state index in [9.17, 15) is 14.9 Å². The second-order valence-electron chi connectivity index (χ2n) is 5.77. The molecular formula is C17H16N4O4. The van der Waals surface area contributed by atoms with E-state index >= 15 is 0 Å². The van der Waals surface area contributed by atoms with Crippen molar-refractivity contribution in [3.8, 4) is 0 Å². The highest BCUT2D eigenvalue weighted by molar-refractivity contribution is 6.00. The quantitative estimate of drug-likeness (QED) is 0.536. The molecule has 2 N–H and O–H groups in total. The fourth-order valence-electron chi connectivity index (χ4n) is 2.23. The average Bonchev–Trinajstić information content (AvgIpc) is 2.99. The number of urea groups is 1. The summed E-state index contributed by atoms with van der Waals surface area (Å²) in [4.78, 5) is 26.6. The summed E-state index contributed by atoms with van der Waals surface area (Å²) in [5.41, 5.74) is 2.30. The van der Waals surface area contributed by atoms with Gasteiger partial charge in [0.15, 0.2) is 11.5 Å². The largest absolute Gasteiger partial charge is 0.440 e. The third kappa shape index (κ3) is 3.74. The van der Waals surface area contributed by atoms with Crippen molar-refractivity contribution in [2.24, 2.45) is 0 Å². The summed E-state index contributed by atoms with van der Waals surface area (Å²) in [5, 5.41) is 15.9. The van der Waals surface area contributed by atoms with Crippen LogP contribution >= 0.6 is 0 Å². The lowest BCUT2D eigenvalue weighted by atomic mass is 10.2. The maximum atomic E-state index is 12.1. The smallest absolute Gasteiger partial charge is 0.323 e. The Morgan fingerprint density at radius 1 is 1.12 bits per heavy atom. The summed E-state index contributed by atoms with van der Waals surface area (Å²) >= 11 is 0. The highest BCUT2D eigenvalue weighted by Crippen LogP contribution is 2.24. The monoisotopic (exact) mass is 340 g/mol. The average molecular weight is 340 g/mol. The Hall–Kier alpha value is -3.42. The minimum Gasteiger partial charge on any atom is -0.440 e. The Bertz CT molecular complexity index is 931. The number of hydrogen-bond donors (Lipinski definition) is 2. The SMILES string of the molecule is CC(C)c1nc2cc(NC(=O)Nc3ccc([N+](=O)[O-])cc3)ccc2o1. The van der Waals surface area contributed by atoms with Crippen molar-refractivity contribution in [2.45, 2.75) is 19.8 Å². The highest BCUT2D eigenvalue weighted by Gasteiger charge is 2.11. The number of carbonyl (C=O) groups is 1. The number of nitro benzene ring substituents is 1. The van der Waals surface area contributed by atoms with Gasteiger partial charge in [-0.15, -0.1) is 0 Å². The molecule has 2 amide bonds. The number of nitro groups is 1. The van der Waals surface area contributed by atoms with E-state index in [1.807, 2.05) is 13.8 Å². The van der Waals surface area contributed by atoms with E-state index < -0.39 is 11.0 Å². The summed E-state index contributed by atoms with van der Waals surface area (Å²) in [6, 6.07) is 10.3. The Morgan fingerprint density at radius 2 is 1.76 bits per heavy atom. The molecule has 128 valence electrons. The number of hydrogen-bond acceptors (Lipinski definition) is 5. The molecule has 0 atom stereocenters. The molecule has 1 heterocycles. The number of rotatable bonds is 4. The number of non-ortho nitro benzene ring substituents is 1. The summed E-state index contributed by atoms with van der Waals surface area (Å²) in [6.45, 7) is 3.98. The Balaban J connectivity index is 1.69. The second-order valence-corrected chi connectivity index (χ2v) is 5.77. The first-order valence-corrected chi connectivity index (χ1v) is 7.65. The standard InChI is InChI=1S/C17H16N4O4/c1-10(2)16-20-14-9-12(5-8-15(14)25-16)19-17(22)18-11-3-6-13(7-4-11)21(23)24/h3-10H,1-2H3,(H2,18,19,22). The van der Waals surface area contributed by atoms with Gasteiger partial charge in [0.05, 0.1) is 4.92 Å². The minimum atomic E-state index is -0.498. The van der Waals surface area contributed by atoms with E-state index in [1.54, 1.807) is 18.2 Å². The third-order valence-electron chi connectivity index (χ3n) is 3.49. The molecular weight excluding hydrogens is 324 g/mol. The highest BCUT2D eigenvalue weighted by atomic mass is 16.6. The zero-order valence-electron chi connectivity index (χ0n) is 13.6. The van der Waals surface area contributed by atoms with Crippen LogP contribution in [0.1, 0.15) is 25.7 Å². The van der Waals surface area contributed by atoms with Gasteiger partial charge in [0.25, 0.3) is 5.69 Å². The Labute approximate surface area is 143 Å². The van der Waals surface area contributed by atoms with Gasteiger partial charge in [0, 0.05) is 29.4 Å². The normalized spacial score (nSPS) is 10.8. The van der Waals surface area contributed by atoms with E-state index in [-0.39, 0.29) is 11.6 Å². The summed E-state index contributed by atoms with van der Waals surface area (Å²) in [6.07, 6.45) is 0. The number of nitrogens with zero attached hydrogens (tertiary/aromatic N) is 2. The molecule has 25 heavy (non-hydrogen) atoms. The van der Waals surface area contributed by atoms with E-state index in [1.165, 1.54) is 24.3 Å². The van der Waals surface area contributed by atoms with Gasteiger partial charge in [-0.05, 0) is 30.3 Å². The first-order chi connectivity index (χ1) is 11.9. The predicted molar refractivity (Wildman–Crippen MR) is 93.8 cm³/mol. The molecule has 0 unspecified atom stereocenters. The lowest BCUT2D eigenvalue weighted by molar-refractivity contribution is -0.384. The van der Waals surface area contributed by atoms with Crippen molar-refractivity contribution in [2.75, 3.05) is 10.6 Å². The van der Waals surface area contributed by atoms with Gasteiger partial charge in [-0.3, -0.25) is 10.1 Å². The number of aromatic nitrogens is 1. The lowest BCUT2D eigenvalue weighted by Crippen LogP contribution is -2.19. The third-order valence-corrected chi connectivity index (χ3v) is 3.49. The van der Waals surface area contributed by atoms with E-state index in [4.69, 9.17) is 4.42 Å². The molecule has 0 aliphatic carbocycles. The van der Waals surface area contributed by atoms with E-state index in [2.05, 4.69) is 15.6 Å². The number of amides is 2. The number of benzene rings is 2. The minimum absolute atomic E-state index is 0.0385. The zero-order valence-corrected chi connectivity index (χ0v) is 13.6. The fourth-order valence-corrected chi connectivity index (χ4v) is 2.23. The van der Waals surface area contributed by atoms with Crippen molar-refractivity contribution >= 4 is 34.2 Å². The first kappa shape index (κ1) is 16.4. The van der Waals surface area contributed by atoms with Gasteiger partial charge in [-0.25, -0.2) is 9.78 Å². The van der Waals surface area contributed by atoms with Gasteiger partial charge in [-0.2, -0.15) is 0 Å². The van der Waals surface area contributed by atoms with Crippen LogP contribution in [0.4, 0.5) is 21.9 Å². The van der Waals surface area contributed by atoms with Crippen LogP contribution in [-0.4, -0.2) is 15.9 Å². The molecule has 0 fully saturated rings. The van der Waals surface area contributed by atoms with Crippen molar-refractivity contribution in [1.29, 1.82) is 0 Å². The van der Waals surface area contributed by atoms with Crippen LogP contribution in [0.15, 0.2) is 46.9 Å². The van der Waals surface area contributed by atoms with Crippen LogP contribution in [0.5, 0.6) is 0 Å². The van der Waals surface area contributed by atoms with Crippen molar-refractivity contribution in [3.05, 3.63) is 58.5 Å². The number of fused-ring (bicyclic) bond motifs is 1. The maximum absolute atomic E-state index is 12.1. The summed E-state index contributed by atoms with van der Waals surface area (Å²) < 4.78 is 5.62. The molecule has 0 saturated carbocycles. The first-order valence-electron chi connectivity index (χ1n) is 7.65. The summed E-state index contributed by atoms with van der Waals surface area (Å²) in [5.74, 6) is 0.816. The van der Waals surface area contributed by atoms with Gasteiger partial charge in [0.1, 0.15) is 5.52 Å². The van der Waals surface area contributed by atoms with Crippen LogP contribution in [0, 0.1) is 10.1 Å². The molecule has 0 bridgehead atoms. The molecule has 2 aromatic carbocycles. The van der Waals surface area contributed by atoms with Crippen LogP contribution in [0.25, 0.3) is 11.1 Å². The molecule has 1 aromatic heterocycles. The fraction of sp³-hybridized carbons (Fsp3) is 0.176. The summed E-state index contributed by atoms with van der Waals surface area (Å²) in [7, 11) is 0. The molecule has 0 aliphatic rings. The van der Waals surface area contributed by atoms with Gasteiger partial charge in [0.2, 0.25) is 0 Å². The van der Waals surface area contributed by atoms with Crippen LogP contribution in [0.2, 0.25) is 0 Å². The maximum Gasteiger partial charge on any atom is 0.323 e. The topological polar surface area (TPSA) is 110 Å². The number of anilines is 2. The van der Waals surface area contributed by atoms with Crippen LogP contribution < -0.4 is 10.6 Å². The van der Waals surface area contributed by atoms with Crippen molar-refractivity contribution < 1.29 is 14.1 Å². The Kier molecular flexibility index (Phi) is 4.34. The molecule has 0 radical (unpaired) electrons. The molecule has 3 aromatic rings. The molecule has 8 heteroatoms. The van der Waals surface area contributed by atoms with Crippen LogP contribution in [0.3, 0.4) is 0 Å². The molecule has 0 spiro atoms. The lowest BCUT2D eigenvalue weighted by Gasteiger charge is -2.07. The van der Waals surface area contributed by atoms with Gasteiger partial charge >= 0.3 is 6.03 Å². The van der Waals surface area contributed by atoms with Crippen molar-refractivity contribution in [1.82, 2.24) is 4.98 Å². The number of nitrogens with one attached hydrogen (secondary N) is 2. The zero-order chi connectivity index (χ0) is 18.0. The molecule has 3 rings (SSSR count). The van der Waals surface area contributed by atoms with Gasteiger partial charge in [-0.1, -0.05) is 13.8 Å². The predicted octanol–water partition coefficient (Wildman–Crippen LogP) is 4.50. The molecule has 0 saturated heterocycles. The molecule has 8 nitrogen and oxygen atoms in total. The molecule has 0 aliphatic heterocycles. The number of oxazole rings is 1. The second kappa shape index (κ2) is 6.60. The van der Waals surface area contributed by atoms with E-state index in [0.717, 1.165) is 0 Å².